The maximum Gasteiger partial charge on any atom is 0.250 e. The highest BCUT2D eigenvalue weighted by Gasteiger charge is 2.26. The van der Waals surface area contributed by atoms with Crippen LogP contribution in [0.5, 0.6) is 0 Å². The predicted molar refractivity (Wildman–Crippen MR) is 126 cm³/mol. The van der Waals surface area contributed by atoms with Crippen molar-refractivity contribution in [3.63, 3.8) is 0 Å². The van der Waals surface area contributed by atoms with Crippen molar-refractivity contribution in [2.24, 2.45) is 5.92 Å². The van der Waals surface area contributed by atoms with E-state index in [1.165, 1.54) is 0 Å². The number of hydrogen-bond acceptors (Lipinski definition) is 4. The number of aryl methyl sites for hydroxylation is 1. The van der Waals surface area contributed by atoms with Gasteiger partial charge in [-0.25, -0.2) is 0 Å². The fraction of sp³-hybridized carbons (Fsp3) is 0.296. The van der Waals surface area contributed by atoms with Crippen molar-refractivity contribution in [2.75, 3.05) is 6.54 Å². The van der Waals surface area contributed by atoms with Gasteiger partial charge in [0.1, 0.15) is 18.8 Å². The molecule has 0 aliphatic carbocycles. The number of carbonyl (C=O) groups is 1. The number of rotatable bonds is 9. The quantitative estimate of drug-likeness (QED) is 0.475. The number of aromatic nitrogens is 1. The molecule has 0 saturated heterocycles. The summed E-state index contributed by atoms with van der Waals surface area (Å²) in [5, 5.41) is 11.5. The maximum atomic E-state index is 12.7. The molecule has 2 atom stereocenters. The highest BCUT2D eigenvalue weighted by molar-refractivity contribution is 5.81. The molecule has 1 aromatic heterocycles. The zero-order valence-electron chi connectivity index (χ0n) is 18.8. The lowest BCUT2D eigenvalue weighted by Crippen LogP contribution is -2.38. The zero-order chi connectivity index (χ0) is 22.9. The number of pyridine rings is 1. The lowest BCUT2D eigenvalue weighted by molar-refractivity contribution is -0.136. The summed E-state index contributed by atoms with van der Waals surface area (Å²) in [5.74, 6) is 0.00389. The van der Waals surface area contributed by atoms with Crippen LogP contribution in [0.4, 0.5) is 0 Å². The first-order valence-electron chi connectivity index (χ1n) is 10.9. The first-order valence-corrected chi connectivity index (χ1v) is 10.9. The Balaban J connectivity index is 1.91. The smallest absolute Gasteiger partial charge is 0.250 e. The van der Waals surface area contributed by atoms with E-state index in [9.17, 15) is 4.79 Å². The Labute approximate surface area is 190 Å². The summed E-state index contributed by atoms with van der Waals surface area (Å²) < 4.78 is 6.42. The second-order valence-electron chi connectivity index (χ2n) is 8.23. The van der Waals surface area contributed by atoms with E-state index in [4.69, 9.17) is 10.00 Å². The van der Waals surface area contributed by atoms with E-state index in [2.05, 4.69) is 30.2 Å². The molecule has 1 N–H and O–H groups in total. The van der Waals surface area contributed by atoms with Crippen molar-refractivity contribution in [1.82, 2.24) is 10.3 Å². The highest BCUT2D eigenvalue weighted by Crippen LogP contribution is 2.30. The molecule has 0 saturated carbocycles. The molecule has 5 nitrogen and oxygen atoms in total. The standard InChI is InChI=1S/C27H29N3O2/c1-19(2)17-25(27(31)29-16-15-28)32-26(22-7-5-4-6-8-22)23-13-11-21(12-14-23)24-10-9-20(3)30-18-24/h4-14,18-19,25-26H,16-17H2,1-3H3,(H,29,31)/t25-,26?/m0/s1. The van der Waals surface area contributed by atoms with Crippen molar-refractivity contribution in [1.29, 1.82) is 5.26 Å². The van der Waals surface area contributed by atoms with Gasteiger partial charge in [0.15, 0.2) is 0 Å². The van der Waals surface area contributed by atoms with Crippen LogP contribution in [0.15, 0.2) is 72.9 Å². The number of nitrogens with one attached hydrogen (secondary N) is 1. The number of nitrogens with zero attached hydrogens (tertiary/aromatic N) is 2. The molecule has 3 rings (SSSR count). The second kappa shape index (κ2) is 11.2. The number of amides is 1. The minimum atomic E-state index is -0.658. The van der Waals surface area contributed by atoms with Crippen LogP contribution >= 0.6 is 0 Å². The fourth-order valence-electron chi connectivity index (χ4n) is 3.52. The van der Waals surface area contributed by atoms with Crippen molar-refractivity contribution < 1.29 is 9.53 Å². The third-order valence-corrected chi connectivity index (χ3v) is 5.18. The van der Waals surface area contributed by atoms with Crippen LogP contribution in [0, 0.1) is 24.2 Å². The fourth-order valence-corrected chi connectivity index (χ4v) is 3.52. The molecule has 5 heteroatoms. The summed E-state index contributed by atoms with van der Waals surface area (Å²) in [6, 6.07) is 24.1. The van der Waals surface area contributed by atoms with E-state index in [0.29, 0.717) is 6.42 Å². The first-order chi connectivity index (χ1) is 15.5. The average Bonchev–Trinajstić information content (AvgIpc) is 2.81. The lowest BCUT2D eigenvalue weighted by atomic mass is 9.97. The largest absolute Gasteiger partial charge is 0.356 e. The molecule has 0 spiro atoms. The second-order valence-corrected chi connectivity index (χ2v) is 8.23. The molecule has 164 valence electrons. The normalized spacial score (nSPS) is 12.7. The van der Waals surface area contributed by atoms with Crippen LogP contribution in [0.2, 0.25) is 0 Å². The topological polar surface area (TPSA) is 75.0 Å². The molecule has 0 aliphatic rings. The Bertz CT molecular complexity index is 1040. The van der Waals surface area contributed by atoms with Crippen LogP contribution in [0.3, 0.4) is 0 Å². The summed E-state index contributed by atoms with van der Waals surface area (Å²) in [7, 11) is 0. The molecular weight excluding hydrogens is 398 g/mol. The SMILES string of the molecule is Cc1ccc(-c2ccc(C(O[C@@H](CC(C)C)C(=O)NCC#N)c3ccccc3)cc2)cn1. The van der Waals surface area contributed by atoms with Crippen molar-refractivity contribution in [3.05, 3.63) is 89.7 Å². The average molecular weight is 428 g/mol. The molecule has 2 aromatic carbocycles. The van der Waals surface area contributed by atoms with E-state index in [0.717, 1.165) is 27.9 Å². The van der Waals surface area contributed by atoms with Crippen LogP contribution < -0.4 is 5.32 Å². The molecule has 1 heterocycles. The van der Waals surface area contributed by atoms with Gasteiger partial charge in [-0.2, -0.15) is 5.26 Å². The number of nitriles is 1. The van der Waals surface area contributed by atoms with Gasteiger partial charge in [0.05, 0.1) is 6.07 Å². The van der Waals surface area contributed by atoms with Crippen LogP contribution in [-0.2, 0) is 9.53 Å². The minimum Gasteiger partial charge on any atom is -0.356 e. The van der Waals surface area contributed by atoms with E-state index in [-0.39, 0.29) is 18.4 Å². The number of carbonyl (C=O) groups excluding carboxylic acids is 1. The lowest BCUT2D eigenvalue weighted by Gasteiger charge is -2.26. The van der Waals surface area contributed by atoms with Gasteiger partial charge in [0, 0.05) is 17.5 Å². The van der Waals surface area contributed by atoms with E-state index >= 15 is 0 Å². The van der Waals surface area contributed by atoms with E-state index < -0.39 is 12.2 Å². The van der Waals surface area contributed by atoms with E-state index in [1.54, 1.807) is 0 Å². The molecule has 32 heavy (non-hydrogen) atoms. The van der Waals surface area contributed by atoms with Gasteiger partial charge in [-0.3, -0.25) is 9.78 Å². The van der Waals surface area contributed by atoms with Gasteiger partial charge in [0.25, 0.3) is 0 Å². The van der Waals surface area contributed by atoms with Crippen LogP contribution in [0.1, 0.15) is 43.2 Å². The Morgan fingerprint density at radius 2 is 1.66 bits per heavy atom. The van der Waals surface area contributed by atoms with E-state index in [1.807, 2.05) is 79.9 Å². The predicted octanol–water partition coefficient (Wildman–Crippen LogP) is 5.22. The van der Waals surface area contributed by atoms with Gasteiger partial charge in [-0.1, -0.05) is 74.5 Å². The number of ether oxygens (including phenoxy) is 1. The summed E-state index contributed by atoms with van der Waals surface area (Å²) in [4.78, 5) is 17.1. The van der Waals surface area contributed by atoms with Gasteiger partial charge < -0.3 is 10.1 Å². The number of hydrogen-bond donors (Lipinski definition) is 1. The van der Waals surface area contributed by atoms with Gasteiger partial charge in [0.2, 0.25) is 5.91 Å². The third kappa shape index (κ3) is 6.26. The Kier molecular flexibility index (Phi) is 8.13. The molecule has 1 amide bonds. The molecular formula is C27H29N3O2. The van der Waals surface area contributed by atoms with Gasteiger partial charge in [-0.05, 0) is 42.0 Å². The Morgan fingerprint density at radius 1 is 1.00 bits per heavy atom. The molecule has 0 radical (unpaired) electrons. The van der Waals surface area contributed by atoms with Crippen molar-refractivity contribution in [2.45, 2.75) is 39.4 Å². The highest BCUT2D eigenvalue weighted by atomic mass is 16.5. The molecule has 0 aliphatic heterocycles. The molecule has 3 aromatic rings. The summed E-state index contributed by atoms with van der Waals surface area (Å²) in [6.45, 7) is 6.03. The van der Waals surface area contributed by atoms with Crippen LogP contribution in [-0.4, -0.2) is 23.5 Å². The molecule has 0 fully saturated rings. The molecule has 0 bridgehead atoms. The van der Waals surface area contributed by atoms with Crippen molar-refractivity contribution >= 4 is 5.91 Å². The number of benzene rings is 2. The third-order valence-electron chi connectivity index (χ3n) is 5.18. The Hall–Kier alpha value is -3.49. The van der Waals surface area contributed by atoms with Gasteiger partial charge >= 0.3 is 0 Å². The van der Waals surface area contributed by atoms with Gasteiger partial charge in [-0.15, -0.1) is 0 Å². The first kappa shape index (κ1) is 23.2. The summed E-state index contributed by atoms with van der Waals surface area (Å²) in [5.41, 5.74) is 5.03. The maximum absolute atomic E-state index is 12.7. The minimum absolute atomic E-state index is 0.0356. The monoisotopic (exact) mass is 427 g/mol. The zero-order valence-corrected chi connectivity index (χ0v) is 18.8. The summed E-state index contributed by atoms with van der Waals surface area (Å²) in [6.07, 6.45) is 1.37. The van der Waals surface area contributed by atoms with Crippen molar-refractivity contribution in [3.8, 4) is 17.2 Å². The molecule has 1 unspecified atom stereocenters. The van der Waals surface area contributed by atoms with Crippen LogP contribution in [0.25, 0.3) is 11.1 Å². The Morgan fingerprint density at radius 3 is 2.25 bits per heavy atom. The summed E-state index contributed by atoms with van der Waals surface area (Å²) >= 11 is 0.